The van der Waals surface area contributed by atoms with Crippen molar-refractivity contribution >= 4 is 12.3 Å². The van der Waals surface area contributed by atoms with Crippen LogP contribution in [0.4, 0.5) is 0 Å². The SMILES string of the molecule is COC(=O)c1cn(-c2ccc(OC)cc2)nc1C.COc1ccc(-n2cc(C=O)c(C)n2)cc1. The van der Waals surface area contributed by atoms with E-state index in [-0.39, 0.29) is 5.97 Å². The van der Waals surface area contributed by atoms with Crippen molar-refractivity contribution in [1.29, 1.82) is 0 Å². The van der Waals surface area contributed by atoms with E-state index in [1.165, 1.54) is 7.11 Å². The molecule has 176 valence electrons. The van der Waals surface area contributed by atoms with Crippen LogP contribution >= 0.6 is 0 Å². The topological polar surface area (TPSA) is 97.5 Å². The average Bonchev–Trinajstić information content (AvgIpc) is 3.46. The van der Waals surface area contributed by atoms with Gasteiger partial charge in [0, 0.05) is 12.4 Å². The lowest BCUT2D eigenvalue weighted by molar-refractivity contribution is 0.0600. The van der Waals surface area contributed by atoms with Crippen molar-refractivity contribution in [3.05, 3.63) is 83.4 Å². The Balaban J connectivity index is 0.000000192. The van der Waals surface area contributed by atoms with Crippen molar-refractivity contribution < 1.29 is 23.8 Å². The van der Waals surface area contributed by atoms with Gasteiger partial charge in [0.2, 0.25) is 0 Å². The van der Waals surface area contributed by atoms with Gasteiger partial charge in [-0.25, -0.2) is 14.2 Å². The second-order valence-electron chi connectivity index (χ2n) is 7.19. The van der Waals surface area contributed by atoms with E-state index in [1.54, 1.807) is 42.9 Å². The van der Waals surface area contributed by atoms with E-state index in [9.17, 15) is 9.59 Å². The van der Waals surface area contributed by atoms with Crippen LogP contribution in [0.15, 0.2) is 60.9 Å². The van der Waals surface area contributed by atoms with Gasteiger partial charge in [0.05, 0.1) is 49.7 Å². The van der Waals surface area contributed by atoms with Crippen molar-refractivity contribution in [2.45, 2.75) is 13.8 Å². The van der Waals surface area contributed by atoms with Crippen LogP contribution in [0.3, 0.4) is 0 Å². The van der Waals surface area contributed by atoms with E-state index in [2.05, 4.69) is 10.2 Å². The number of esters is 1. The van der Waals surface area contributed by atoms with Crippen LogP contribution < -0.4 is 9.47 Å². The lowest BCUT2D eigenvalue weighted by Crippen LogP contribution is -2.01. The maximum atomic E-state index is 11.5. The normalized spacial score (nSPS) is 10.1. The highest BCUT2D eigenvalue weighted by atomic mass is 16.5. The predicted molar refractivity (Wildman–Crippen MR) is 126 cm³/mol. The van der Waals surface area contributed by atoms with Gasteiger partial charge in [0.15, 0.2) is 6.29 Å². The van der Waals surface area contributed by atoms with Gasteiger partial charge in [0.1, 0.15) is 17.1 Å². The van der Waals surface area contributed by atoms with Gasteiger partial charge in [-0.1, -0.05) is 0 Å². The number of hydrogen-bond acceptors (Lipinski definition) is 7. The number of rotatable bonds is 6. The molecule has 0 spiro atoms. The molecule has 9 heteroatoms. The van der Waals surface area contributed by atoms with Crippen LogP contribution in [0.1, 0.15) is 32.1 Å². The number of aromatic nitrogens is 4. The molecule has 0 N–H and O–H groups in total. The summed E-state index contributed by atoms with van der Waals surface area (Å²) >= 11 is 0. The molecule has 0 aliphatic heterocycles. The Bertz CT molecular complexity index is 1260. The van der Waals surface area contributed by atoms with Gasteiger partial charge >= 0.3 is 5.97 Å². The lowest BCUT2D eigenvalue weighted by atomic mass is 10.3. The largest absolute Gasteiger partial charge is 0.497 e. The molecule has 4 aromatic rings. The molecule has 0 saturated carbocycles. The Morgan fingerprint density at radius 2 is 1.24 bits per heavy atom. The Morgan fingerprint density at radius 1 is 0.765 bits per heavy atom. The maximum absolute atomic E-state index is 11.5. The van der Waals surface area contributed by atoms with Crippen LogP contribution in [0, 0.1) is 13.8 Å². The van der Waals surface area contributed by atoms with Crippen LogP contribution in [-0.4, -0.2) is 53.1 Å². The molecule has 0 amide bonds. The van der Waals surface area contributed by atoms with Gasteiger partial charge in [0.25, 0.3) is 0 Å². The highest BCUT2D eigenvalue weighted by Gasteiger charge is 2.14. The quantitative estimate of drug-likeness (QED) is 0.316. The molecule has 0 fully saturated rings. The Labute approximate surface area is 197 Å². The van der Waals surface area contributed by atoms with Crippen molar-refractivity contribution in [3.8, 4) is 22.9 Å². The van der Waals surface area contributed by atoms with Crippen LogP contribution in [0.2, 0.25) is 0 Å². The average molecular weight is 463 g/mol. The standard InChI is InChI=1S/C13H14N2O3.C12H12N2O2/c1-9-12(13(16)18-3)8-15(14-9)10-4-6-11(17-2)7-5-10;1-9-10(8-15)7-14(13-9)11-3-5-12(16-2)6-4-11/h4-8H,1-3H3;3-8H,1-2H3. The van der Waals surface area contributed by atoms with Crippen LogP contribution in [0.5, 0.6) is 11.5 Å². The van der Waals surface area contributed by atoms with Crippen LogP contribution in [0.25, 0.3) is 11.4 Å². The number of nitrogens with zero attached hydrogens (tertiary/aromatic N) is 4. The summed E-state index contributed by atoms with van der Waals surface area (Å²) in [5.74, 6) is 1.19. The summed E-state index contributed by atoms with van der Waals surface area (Å²) in [5, 5.41) is 8.53. The second-order valence-corrected chi connectivity index (χ2v) is 7.19. The van der Waals surface area contributed by atoms with Gasteiger partial charge in [-0.05, 0) is 62.4 Å². The fourth-order valence-electron chi connectivity index (χ4n) is 3.09. The molecular formula is C25H26N4O5. The molecule has 0 aliphatic carbocycles. The highest BCUT2D eigenvalue weighted by molar-refractivity contribution is 5.90. The van der Waals surface area contributed by atoms with E-state index in [0.717, 1.165) is 34.9 Å². The molecule has 2 heterocycles. The first-order chi connectivity index (χ1) is 16.4. The first-order valence-corrected chi connectivity index (χ1v) is 10.3. The van der Waals surface area contributed by atoms with E-state index in [0.29, 0.717) is 16.8 Å². The van der Waals surface area contributed by atoms with Crippen molar-refractivity contribution in [2.75, 3.05) is 21.3 Å². The van der Waals surface area contributed by atoms with Gasteiger partial charge < -0.3 is 14.2 Å². The lowest BCUT2D eigenvalue weighted by Gasteiger charge is -2.02. The number of hydrogen-bond donors (Lipinski definition) is 0. The smallest absolute Gasteiger partial charge is 0.341 e. The van der Waals surface area contributed by atoms with E-state index in [4.69, 9.17) is 14.2 Å². The van der Waals surface area contributed by atoms with Crippen molar-refractivity contribution in [1.82, 2.24) is 19.6 Å². The molecule has 0 atom stereocenters. The molecular weight excluding hydrogens is 436 g/mol. The van der Waals surface area contributed by atoms with Crippen molar-refractivity contribution in [2.24, 2.45) is 0 Å². The van der Waals surface area contributed by atoms with E-state index < -0.39 is 0 Å². The number of benzene rings is 2. The van der Waals surface area contributed by atoms with Crippen molar-refractivity contribution in [3.63, 3.8) is 0 Å². The Morgan fingerprint density at radius 3 is 1.65 bits per heavy atom. The first-order valence-electron chi connectivity index (χ1n) is 10.3. The van der Waals surface area contributed by atoms with Gasteiger partial charge in [-0.2, -0.15) is 10.2 Å². The zero-order valence-electron chi connectivity index (χ0n) is 19.7. The van der Waals surface area contributed by atoms with Gasteiger partial charge in [-0.3, -0.25) is 4.79 Å². The zero-order chi connectivity index (χ0) is 24.7. The van der Waals surface area contributed by atoms with E-state index >= 15 is 0 Å². The summed E-state index contributed by atoms with van der Waals surface area (Å²) in [6, 6.07) is 14.9. The molecule has 0 bridgehead atoms. The maximum Gasteiger partial charge on any atom is 0.341 e. The molecule has 2 aromatic heterocycles. The number of aldehydes is 1. The third-order valence-electron chi connectivity index (χ3n) is 5.04. The minimum absolute atomic E-state index is 0.382. The van der Waals surface area contributed by atoms with Gasteiger partial charge in [-0.15, -0.1) is 0 Å². The second kappa shape index (κ2) is 11.0. The molecule has 4 rings (SSSR count). The summed E-state index contributed by atoms with van der Waals surface area (Å²) in [4.78, 5) is 22.2. The number of ether oxygens (including phenoxy) is 3. The van der Waals surface area contributed by atoms with E-state index in [1.807, 2.05) is 55.5 Å². The fourth-order valence-corrected chi connectivity index (χ4v) is 3.09. The third-order valence-corrected chi connectivity index (χ3v) is 5.04. The summed E-state index contributed by atoms with van der Waals surface area (Å²) in [6.07, 6.45) is 4.18. The summed E-state index contributed by atoms with van der Waals surface area (Å²) in [7, 11) is 4.59. The minimum Gasteiger partial charge on any atom is -0.497 e. The Hall–Kier alpha value is -4.40. The minimum atomic E-state index is -0.382. The zero-order valence-corrected chi connectivity index (χ0v) is 19.7. The van der Waals surface area contributed by atoms with Crippen LogP contribution in [-0.2, 0) is 4.74 Å². The third kappa shape index (κ3) is 5.50. The number of carbonyl (C=O) groups is 2. The molecule has 0 radical (unpaired) electrons. The summed E-state index contributed by atoms with van der Waals surface area (Å²) < 4.78 is 18.2. The molecule has 9 nitrogen and oxygen atoms in total. The molecule has 0 saturated heterocycles. The predicted octanol–water partition coefficient (Wildman–Crippen LogP) is 3.98. The molecule has 0 aliphatic rings. The summed E-state index contributed by atoms with van der Waals surface area (Å²) in [6.45, 7) is 3.58. The molecule has 34 heavy (non-hydrogen) atoms. The highest BCUT2D eigenvalue weighted by Crippen LogP contribution is 2.17. The first kappa shape index (κ1) is 24.2. The monoisotopic (exact) mass is 462 g/mol. The number of aryl methyl sites for hydroxylation is 2. The summed E-state index contributed by atoms with van der Waals surface area (Å²) in [5.41, 5.74) is 4.19. The molecule has 0 unspecified atom stereocenters. The molecule has 2 aromatic carbocycles. The number of methoxy groups -OCH3 is 3. The number of carbonyl (C=O) groups excluding carboxylic acids is 2. The Kier molecular flexibility index (Phi) is 7.81. The fraction of sp³-hybridized carbons (Fsp3) is 0.200.